The molecule has 1 amide bonds. The Kier molecular flexibility index (Phi) is 6.79. The molecule has 0 bridgehead atoms. The number of aromatic nitrogens is 1. The molecule has 0 aliphatic rings. The first-order chi connectivity index (χ1) is 17.3. The summed E-state index contributed by atoms with van der Waals surface area (Å²) in [5.41, 5.74) is -1.13. The Balaban J connectivity index is 1.75. The average Bonchev–Trinajstić information content (AvgIpc) is 2.86. The zero-order valence-corrected chi connectivity index (χ0v) is 21.7. The van der Waals surface area contributed by atoms with E-state index in [-0.39, 0.29) is 6.42 Å². The largest absolute Gasteiger partial charge is 0.386 e. The van der Waals surface area contributed by atoms with Gasteiger partial charge in [0.25, 0.3) is 5.91 Å². The number of amides is 1. The summed E-state index contributed by atoms with van der Waals surface area (Å²) in [6, 6.07) is 21.3. The third-order valence-corrected chi connectivity index (χ3v) is 6.85. The third-order valence-electron chi connectivity index (χ3n) is 6.85. The molecule has 0 spiro atoms. The number of rotatable bonds is 7. The van der Waals surface area contributed by atoms with Crippen molar-refractivity contribution >= 4 is 22.4 Å². The van der Waals surface area contributed by atoms with Crippen molar-refractivity contribution in [1.82, 2.24) is 5.16 Å². The van der Waals surface area contributed by atoms with E-state index in [4.69, 9.17) is 4.52 Å². The Bertz CT molecular complexity index is 1480. The molecule has 4 aromatic rings. The highest BCUT2D eigenvalue weighted by molar-refractivity contribution is 5.99. The van der Waals surface area contributed by atoms with Gasteiger partial charge in [0.1, 0.15) is 0 Å². The second kappa shape index (κ2) is 9.57. The van der Waals surface area contributed by atoms with Crippen molar-refractivity contribution in [3.8, 4) is 0 Å². The number of fused-ring (bicyclic) bond motifs is 1. The Morgan fingerprint density at radius 1 is 0.865 bits per heavy atom. The summed E-state index contributed by atoms with van der Waals surface area (Å²) in [5, 5.41) is 29.9. The van der Waals surface area contributed by atoms with E-state index in [0.29, 0.717) is 33.3 Å². The molecule has 3 aromatic carbocycles. The van der Waals surface area contributed by atoms with Crippen molar-refractivity contribution < 1.29 is 19.5 Å². The van der Waals surface area contributed by atoms with Gasteiger partial charge >= 0.3 is 5.63 Å². The molecule has 1 atom stereocenters. The van der Waals surface area contributed by atoms with Gasteiger partial charge in [-0.1, -0.05) is 73.6 Å². The molecule has 4 rings (SSSR count). The molecule has 7 nitrogen and oxygen atoms in total. The lowest BCUT2D eigenvalue weighted by Crippen LogP contribution is -2.44. The van der Waals surface area contributed by atoms with Crippen LogP contribution in [0.15, 0.2) is 82.1 Å². The number of hydrogen-bond donors (Lipinski definition) is 3. The number of nitrogens with zero attached hydrogens (tertiary/aromatic N) is 1. The maximum absolute atomic E-state index is 13.8. The summed E-state index contributed by atoms with van der Waals surface area (Å²) in [7, 11) is 0. The van der Waals surface area contributed by atoms with Gasteiger partial charge in [-0.25, -0.2) is 4.79 Å². The minimum absolute atomic E-state index is 0.0927. The first-order valence-electron chi connectivity index (χ1n) is 12.1. The third kappa shape index (κ3) is 5.33. The van der Waals surface area contributed by atoms with Gasteiger partial charge in [-0.3, -0.25) is 4.79 Å². The standard InChI is InChI=1S/C30H32N2O5/c1-19-25-17-23(15-16-24(25)26(33)37-32-19)31-27(34)30(36,18-28(2,3)20-9-7-6-8-10-20)22-13-11-21(12-14-22)29(4,5)35/h6-17,35-36H,18H2,1-5H3,(H,31,34). The number of benzene rings is 3. The normalized spacial score (nSPS) is 13.8. The molecule has 37 heavy (non-hydrogen) atoms. The van der Waals surface area contributed by atoms with Crippen LogP contribution in [0, 0.1) is 6.92 Å². The van der Waals surface area contributed by atoms with Crippen LogP contribution in [0.1, 0.15) is 56.5 Å². The van der Waals surface area contributed by atoms with Crippen LogP contribution < -0.4 is 10.9 Å². The summed E-state index contributed by atoms with van der Waals surface area (Å²) < 4.78 is 4.78. The summed E-state index contributed by atoms with van der Waals surface area (Å²) in [5.74, 6) is -0.611. The molecule has 0 saturated carbocycles. The molecular weight excluding hydrogens is 468 g/mol. The molecule has 0 fully saturated rings. The fourth-order valence-corrected chi connectivity index (χ4v) is 4.64. The first-order valence-corrected chi connectivity index (χ1v) is 12.1. The topological polar surface area (TPSA) is 113 Å². The SMILES string of the molecule is Cc1noc(=O)c2ccc(NC(=O)C(O)(CC(C)(C)c3ccccc3)c3ccc(C(C)(C)O)cc3)cc12. The molecular formula is C30H32N2O5. The van der Waals surface area contributed by atoms with E-state index in [1.165, 1.54) is 0 Å². The Morgan fingerprint density at radius 3 is 2.11 bits per heavy atom. The molecule has 1 unspecified atom stereocenters. The Morgan fingerprint density at radius 2 is 1.49 bits per heavy atom. The van der Waals surface area contributed by atoms with E-state index in [1.807, 2.05) is 44.2 Å². The number of hydrogen-bond acceptors (Lipinski definition) is 6. The van der Waals surface area contributed by atoms with Gasteiger partial charge in [-0.15, -0.1) is 0 Å². The monoisotopic (exact) mass is 500 g/mol. The molecule has 0 radical (unpaired) electrons. The quantitative estimate of drug-likeness (QED) is 0.332. The molecule has 7 heteroatoms. The fourth-order valence-electron chi connectivity index (χ4n) is 4.64. The lowest BCUT2D eigenvalue weighted by atomic mass is 9.72. The fraction of sp³-hybridized carbons (Fsp3) is 0.300. The van der Waals surface area contributed by atoms with Crippen LogP contribution in [0.5, 0.6) is 0 Å². The van der Waals surface area contributed by atoms with Gasteiger partial charge in [0.2, 0.25) is 0 Å². The molecule has 192 valence electrons. The highest BCUT2D eigenvalue weighted by Crippen LogP contribution is 2.39. The second-order valence-corrected chi connectivity index (χ2v) is 10.7. The molecule has 0 aliphatic carbocycles. The van der Waals surface area contributed by atoms with Gasteiger partial charge in [0.15, 0.2) is 5.60 Å². The smallest absolute Gasteiger partial charge is 0.366 e. The van der Waals surface area contributed by atoms with Gasteiger partial charge < -0.3 is 20.1 Å². The maximum Gasteiger partial charge on any atom is 0.366 e. The van der Waals surface area contributed by atoms with Crippen molar-refractivity contribution in [3.63, 3.8) is 0 Å². The predicted molar refractivity (Wildman–Crippen MR) is 143 cm³/mol. The number of carbonyl (C=O) groups excluding carboxylic acids is 1. The molecule has 0 aliphatic heterocycles. The maximum atomic E-state index is 13.8. The average molecular weight is 501 g/mol. The van der Waals surface area contributed by atoms with Gasteiger partial charge in [0, 0.05) is 11.1 Å². The van der Waals surface area contributed by atoms with Crippen molar-refractivity contribution in [2.24, 2.45) is 0 Å². The summed E-state index contributed by atoms with van der Waals surface area (Å²) in [4.78, 5) is 25.8. The van der Waals surface area contributed by atoms with Gasteiger partial charge in [-0.2, -0.15) is 0 Å². The lowest BCUT2D eigenvalue weighted by molar-refractivity contribution is -0.137. The van der Waals surface area contributed by atoms with Crippen molar-refractivity contribution in [2.45, 2.75) is 57.7 Å². The van der Waals surface area contributed by atoms with Crippen LogP contribution in [-0.2, 0) is 21.4 Å². The van der Waals surface area contributed by atoms with E-state index < -0.39 is 28.1 Å². The Labute approximate surface area is 215 Å². The summed E-state index contributed by atoms with van der Waals surface area (Å²) in [6.45, 7) is 9.03. The number of nitrogens with one attached hydrogen (secondary N) is 1. The Hall–Kier alpha value is -3.81. The number of aliphatic hydroxyl groups is 2. The van der Waals surface area contributed by atoms with E-state index in [0.717, 1.165) is 5.56 Å². The van der Waals surface area contributed by atoms with Crippen molar-refractivity contribution in [3.05, 3.63) is 106 Å². The van der Waals surface area contributed by atoms with Crippen molar-refractivity contribution in [2.75, 3.05) is 5.32 Å². The zero-order valence-electron chi connectivity index (χ0n) is 21.7. The van der Waals surface area contributed by atoms with Crippen LogP contribution in [0.2, 0.25) is 0 Å². The molecule has 3 N–H and O–H groups in total. The van der Waals surface area contributed by atoms with E-state index in [2.05, 4.69) is 10.5 Å². The summed E-state index contributed by atoms with van der Waals surface area (Å²) >= 11 is 0. The van der Waals surface area contributed by atoms with Crippen LogP contribution >= 0.6 is 0 Å². The molecule has 1 heterocycles. The highest BCUT2D eigenvalue weighted by Gasteiger charge is 2.43. The highest BCUT2D eigenvalue weighted by atomic mass is 16.5. The first kappa shape index (κ1) is 26.3. The predicted octanol–water partition coefficient (Wildman–Crippen LogP) is 4.92. The van der Waals surface area contributed by atoms with E-state index in [9.17, 15) is 19.8 Å². The summed E-state index contributed by atoms with van der Waals surface area (Å²) in [6.07, 6.45) is 0.0927. The second-order valence-electron chi connectivity index (χ2n) is 10.7. The van der Waals surface area contributed by atoms with Crippen LogP contribution in [-0.4, -0.2) is 21.3 Å². The molecule has 1 aromatic heterocycles. The van der Waals surface area contributed by atoms with Crippen LogP contribution in [0.25, 0.3) is 10.8 Å². The van der Waals surface area contributed by atoms with E-state index >= 15 is 0 Å². The van der Waals surface area contributed by atoms with Crippen LogP contribution in [0.4, 0.5) is 5.69 Å². The zero-order chi connectivity index (χ0) is 27.0. The minimum atomic E-state index is -1.91. The van der Waals surface area contributed by atoms with Crippen LogP contribution in [0.3, 0.4) is 0 Å². The number of anilines is 1. The lowest BCUT2D eigenvalue weighted by Gasteiger charge is -2.36. The number of aryl methyl sites for hydroxylation is 1. The van der Waals surface area contributed by atoms with E-state index in [1.54, 1.807) is 63.2 Å². The van der Waals surface area contributed by atoms with Gasteiger partial charge in [0.05, 0.1) is 16.7 Å². The van der Waals surface area contributed by atoms with Crippen molar-refractivity contribution in [1.29, 1.82) is 0 Å². The molecule has 0 saturated heterocycles. The minimum Gasteiger partial charge on any atom is -0.386 e. The number of carbonyl (C=O) groups is 1. The van der Waals surface area contributed by atoms with Gasteiger partial charge in [-0.05, 0) is 67.5 Å².